The third-order valence-electron chi connectivity index (χ3n) is 1.95. The van der Waals surface area contributed by atoms with Gasteiger partial charge in [-0.1, -0.05) is 0 Å². The van der Waals surface area contributed by atoms with Gasteiger partial charge in [0.15, 0.2) is 0 Å². The average molecular weight is 316 g/mol. The van der Waals surface area contributed by atoms with Gasteiger partial charge in [0.2, 0.25) is 0 Å². The Labute approximate surface area is 112 Å². The van der Waals surface area contributed by atoms with Crippen LogP contribution < -0.4 is 10.6 Å². The van der Waals surface area contributed by atoms with Crippen molar-refractivity contribution >= 4 is 23.2 Å². The number of halogens is 6. The van der Waals surface area contributed by atoms with Crippen molar-refractivity contribution in [1.82, 2.24) is 0 Å². The van der Waals surface area contributed by atoms with Crippen molar-refractivity contribution in [3.8, 4) is 5.75 Å². The monoisotopic (exact) mass is 316 g/mol. The van der Waals surface area contributed by atoms with Crippen molar-refractivity contribution in [2.24, 2.45) is 0 Å². The van der Waals surface area contributed by atoms with Gasteiger partial charge in [-0.05, 0) is 6.07 Å². The van der Waals surface area contributed by atoms with Crippen molar-refractivity contribution in [2.75, 3.05) is 10.6 Å². The number of alkyl halides is 6. The fourth-order valence-electron chi connectivity index (χ4n) is 1.16. The minimum atomic E-state index is -5.22. The largest absolute Gasteiger partial charge is 0.508 e. The predicted molar refractivity (Wildman–Crippen MR) is 57.5 cm³/mol. The van der Waals surface area contributed by atoms with Gasteiger partial charge < -0.3 is 15.7 Å². The summed E-state index contributed by atoms with van der Waals surface area (Å²) in [5.74, 6) is -5.53. The molecule has 3 N–H and O–H groups in total. The van der Waals surface area contributed by atoms with Crippen molar-refractivity contribution in [1.29, 1.82) is 0 Å². The number of amides is 2. The van der Waals surface area contributed by atoms with Crippen LogP contribution in [0, 0.1) is 0 Å². The molecule has 1 aromatic rings. The molecule has 0 radical (unpaired) electrons. The van der Waals surface area contributed by atoms with Crippen LogP contribution >= 0.6 is 0 Å². The van der Waals surface area contributed by atoms with E-state index >= 15 is 0 Å². The predicted octanol–water partition coefficient (Wildman–Crippen LogP) is 2.39. The lowest BCUT2D eigenvalue weighted by Gasteiger charge is -2.12. The highest BCUT2D eigenvalue weighted by molar-refractivity contribution is 5.98. The molecule has 0 aromatic heterocycles. The van der Waals surface area contributed by atoms with Crippen LogP contribution in [-0.4, -0.2) is 29.3 Å². The number of benzene rings is 1. The highest BCUT2D eigenvalue weighted by atomic mass is 19.4. The second kappa shape index (κ2) is 5.50. The Hall–Kier alpha value is -2.46. The third kappa shape index (κ3) is 4.85. The van der Waals surface area contributed by atoms with Gasteiger partial charge >= 0.3 is 24.2 Å². The molecule has 0 unspecified atom stereocenters. The number of hydrogen-bond donors (Lipinski definition) is 3. The molecular formula is C10H6F6N2O3. The Morgan fingerprint density at radius 2 is 1.14 bits per heavy atom. The molecule has 116 valence electrons. The Morgan fingerprint density at radius 1 is 0.810 bits per heavy atom. The van der Waals surface area contributed by atoms with Gasteiger partial charge in [-0.2, -0.15) is 26.3 Å². The highest BCUT2D eigenvalue weighted by Crippen LogP contribution is 2.27. The van der Waals surface area contributed by atoms with Crippen LogP contribution in [0.25, 0.3) is 0 Å². The number of rotatable bonds is 2. The number of aromatic hydroxyl groups is 1. The lowest BCUT2D eigenvalue weighted by atomic mass is 10.2. The summed E-state index contributed by atoms with van der Waals surface area (Å²) in [6.45, 7) is 0. The number of anilines is 2. The Balaban J connectivity index is 2.96. The van der Waals surface area contributed by atoms with Crippen LogP contribution in [0.15, 0.2) is 18.2 Å². The van der Waals surface area contributed by atoms with Crippen LogP contribution in [-0.2, 0) is 9.59 Å². The van der Waals surface area contributed by atoms with Crippen LogP contribution in [0.4, 0.5) is 37.7 Å². The molecule has 0 heterocycles. The van der Waals surface area contributed by atoms with E-state index in [2.05, 4.69) is 0 Å². The standard InChI is InChI=1S/C10H6F6N2O3/c11-9(12,13)7(20)17-4-1-5(3-6(19)2-4)18-8(21)10(14,15)16/h1-3,19H,(H,17,20)(H,18,21). The molecule has 0 aliphatic rings. The van der Waals surface area contributed by atoms with Gasteiger partial charge in [0, 0.05) is 23.5 Å². The maximum Gasteiger partial charge on any atom is 0.471 e. The molecule has 0 fully saturated rings. The van der Waals surface area contributed by atoms with Crippen molar-refractivity contribution in [3.63, 3.8) is 0 Å². The van der Waals surface area contributed by atoms with E-state index in [0.29, 0.717) is 18.2 Å². The number of hydrogen-bond acceptors (Lipinski definition) is 3. The topological polar surface area (TPSA) is 78.4 Å². The van der Waals surface area contributed by atoms with Crippen molar-refractivity contribution < 1.29 is 41.0 Å². The summed E-state index contributed by atoms with van der Waals surface area (Å²) in [5, 5.41) is 11.8. The zero-order valence-electron chi connectivity index (χ0n) is 9.76. The van der Waals surface area contributed by atoms with Crippen LogP contribution in [0.5, 0.6) is 5.75 Å². The van der Waals surface area contributed by atoms with E-state index < -0.39 is 41.3 Å². The van der Waals surface area contributed by atoms with E-state index in [1.807, 2.05) is 0 Å². The summed E-state index contributed by atoms with van der Waals surface area (Å²) in [6.07, 6.45) is -10.4. The number of carbonyl (C=O) groups is 2. The van der Waals surface area contributed by atoms with Crippen LogP contribution in [0.2, 0.25) is 0 Å². The normalized spacial score (nSPS) is 11.9. The van der Waals surface area contributed by atoms with Crippen molar-refractivity contribution in [2.45, 2.75) is 12.4 Å². The van der Waals surface area contributed by atoms with E-state index in [1.165, 1.54) is 10.6 Å². The molecule has 5 nitrogen and oxygen atoms in total. The molecule has 0 spiro atoms. The molecule has 0 saturated heterocycles. The van der Waals surface area contributed by atoms with Gasteiger partial charge in [-0.25, -0.2) is 0 Å². The van der Waals surface area contributed by atoms with Gasteiger partial charge in [-0.3, -0.25) is 9.59 Å². The van der Waals surface area contributed by atoms with E-state index in [0.717, 1.165) is 0 Å². The van der Waals surface area contributed by atoms with Gasteiger partial charge in [-0.15, -0.1) is 0 Å². The molecule has 1 rings (SSSR count). The van der Waals surface area contributed by atoms with E-state index in [-0.39, 0.29) is 0 Å². The summed E-state index contributed by atoms with van der Waals surface area (Å²) in [7, 11) is 0. The zero-order valence-corrected chi connectivity index (χ0v) is 9.76. The summed E-state index contributed by atoms with van der Waals surface area (Å²) < 4.78 is 72.1. The molecule has 0 saturated carbocycles. The summed E-state index contributed by atoms with van der Waals surface area (Å²) in [6, 6.07) is 1.94. The third-order valence-corrected chi connectivity index (χ3v) is 1.95. The molecule has 0 atom stereocenters. The first-order chi connectivity index (χ1) is 9.39. The molecule has 0 bridgehead atoms. The van der Waals surface area contributed by atoms with E-state index in [9.17, 15) is 35.9 Å². The first-order valence-corrected chi connectivity index (χ1v) is 5.00. The highest BCUT2D eigenvalue weighted by Gasteiger charge is 2.40. The number of nitrogens with one attached hydrogen (secondary N) is 2. The fraction of sp³-hybridized carbons (Fsp3) is 0.200. The zero-order chi connectivity index (χ0) is 16.4. The average Bonchev–Trinajstić information content (AvgIpc) is 2.25. The summed E-state index contributed by atoms with van der Waals surface area (Å²) >= 11 is 0. The summed E-state index contributed by atoms with van der Waals surface area (Å²) in [5.41, 5.74) is -1.29. The first-order valence-electron chi connectivity index (χ1n) is 5.00. The maximum atomic E-state index is 12.0. The van der Waals surface area contributed by atoms with Gasteiger partial charge in [0.05, 0.1) is 0 Å². The van der Waals surface area contributed by atoms with E-state index in [4.69, 9.17) is 5.11 Å². The fourth-order valence-corrected chi connectivity index (χ4v) is 1.16. The Morgan fingerprint density at radius 3 is 1.43 bits per heavy atom. The minimum Gasteiger partial charge on any atom is -0.508 e. The number of carbonyl (C=O) groups excluding carboxylic acids is 2. The molecule has 1 aromatic carbocycles. The van der Waals surface area contributed by atoms with Gasteiger partial charge in [0.25, 0.3) is 0 Å². The maximum absolute atomic E-state index is 12.0. The second-order valence-electron chi connectivity index (χ2n) is 3.67. The van der Waals surface area contributed by atoms with Crippen molar-refractivity contribution in [3.05, 3.63) is 18.2 Å². The van der Waals surface area contributed by atoms with Crippen LogP contribution in [0.1, 0.15) is 0 Å². The smallest absolute Gasteiger partial charge is 0.471 e. The van der Waals surface area contributed by atoms with E-state index in [1.54, 1.807) is 0 Å². The summed E-state index contributed by atoms with van der Waals surface area (Å²) in [4.78, 5) is 21.3. The molecule has 21 heavy (non-hydrogen) atoms. The molecule has 11 heteroatoms. The molecule has 2 amide bonds. The first kappa shape index (κ1) is 16.6. The Kier molecular flexibility index (Phi) is 4.35. The molecule has 0 aliphatic carbocycles. The quantitative estimate of drug-likeness (QED) is 0.733. The van der Waals surface area contributed by atoms with Crippen LogP contribution in [0.3, 0.4) is 0 Å². The van der Waals surface area contributed by atoms with Gasteiger partial charge in [0.1, 0.15) is 5.75 Å². The Bertz CT molecular complexity index is 521. The molecule has 0 aliphatic heterocycles. The second-order valence-corrected chi connectivity index (χ2v) is 3.67. The number of phenolic OH excluding ortho intramolecular Hbond substituents is 1. The minimum absolute atomic E-state index is 0.618. The lowest BCUT2D eigenvalue weighted by molar-refractivity contribution is -0.167. The number of phenols is 1. The SMILES string of the molecule is O=C(Nc1cc(O)cc(NC(=O)C(F)(F)F)c1)C(F)(F)F. The molecular weight excluding hydrogens is 310 g/mol. The lowest BCUT2D eigenvalue weighted by Crippen LogP contribution is -2.31.